The van der Waals surface area contributed by atoms with Gasteiger partial charge in [0.15, 0.2) is 0 Å². The summed E-state index contributed by atoms with van der Waals surface area (Å²) in [6.45, 7) is 1.58. The highest BCUT2D eigenvalue weighted by Gasteiger charge is 2.06. The molecule has 0 saturated heterocycles. The van der Waals surface area contributed by atoms with Crippen molar-refractivity contribution in [3.05, 3.63) is 29.6 Å². The molecule has 1 aromatic rings. The van der Waals surface area contributed by atoms with Gasteiger partial charge in [0.05, 0.1) is 17.9 Å². The van der Waals surface area contributed by atoms with Crippen LogP contribution in [0.3, 0.4) is 0 Å². The predicted molar refractivity (Wildman–Crippen MR) is 61.0 cm³/mol. The van der Waals surface area contributed by atoms with E-state index in [1.54, 1.807) is 6.92 Å². The van der Waals surface area contributed by atoms with Crippen LogP contribution in [0.4, 0.5) is 14.9 Å². The fourth-order valence-corrected chi connectivity index (χ4v) is 1.14. The minimum absolute atomic E-state index is 0.241. The van der Waals surface area contributed by atoms with E-state index < -0.39 is 11.9 Å². The van der Waals surface area contributed by atoms with Gasteiger partial charge in [-0.25, -0.2) is 9.18 Å². The zero-order chi connectivity index (χ0) is 12.7. The molecule has 0 aromatic heterocycles. The number of halogens is 1. The van der Waals surface area contributed by atoms with E-state index in [1.807, 2.05) is 0 Å². The van der Waals surface area contributed by atoms with E-state index in [0.29, 0.717) is 5.69 Å². The summed E-state index contributed by atoms with van der Waals surface area (Å²) in [4.78, 5) is 11.2. The van der Waals surface area contributed by atoms with Crippen LogP contribution in [0.5, 0.6) is 0 Å². The van der Waals surface area contributed by atoms with Gasteiger partial charge >= 0.3 is 6.09 Å². The lowest BCUT2D eigenvalue weighted by molar-refractivity contribution is 0.168. The average Bonchev–Trinajstić information content (AvgIpc) is 2.30. The van der Waals surface area contributed by atoms with Gasteiger partial charge in [-0.05, 0) is 25.1 Å². The number of rotatable bonds is 2. The first-order valence-corrected chi connectivity index (χ1v) is 5.00. The first kappa shape index (κ1) is 13.0. The van der Waals surface area contributed by atoms with Gasteiger partial charge in [0.25, 0.3) is 0 Å². The van der Waals surface area contributed by atoms with E-state index in [1.165, 1.54) is 18.2 Å². The maximum absolute atomic E-state index is 13.0. The molecular formula is C12H12FNO3. The van der Waals surface area contributed by atoms with E-state index in [4.69, 9.17) is 9.84 Å². The lowest BCUT2D eigenvalue weighted by Gasteiger charge is -2.07. The number of aliphatic hydroxyl groups is 1. The van der Waals surface area contributed by atoms with E-state index in [2.05, 4.69) is 17.2 Å². The summed E-state index contributed by atoms with van der Waals surface area (Å²) < 4.78 is 17.7. The third-order valence-corrected chi connectivity index (χ3v) is 1.80. The molecule has 0 aliphatic rings. The number of hydrogen-bond acceptors (Lipinski definition) is 3. The molecule has 0 radical (unpaired) electrons. The highest BCUT2D eigenvalue weighted by atomic mass is 19.1. The van der Waals surface area contributed by atoms with Crippen molar-refractivity contribution >= 4 is 11.8 Å². The SMILES string of the molecule is CCOC(=O)Nc1ccc(F)cc1C#CCO. The molecule has 4 nitrogen and oxygen atoms in total. The number of hydrogen-bond donors (Lipinski definition) is 2. The van der Waals surface area contributed by atoms with Crippen molar-refractivity contribution in [3.8, 4) is 11.8 Å². The predicted octanol–water partition coefficient (Wildman–Crippen LogP) is 1.74. The summed E-state index contributed by atoms with van der Waals surface area (Å²) in [5.41, 5.74) is 0.623. The molecule has 17 heavy (non-hydrogen) atoms. The Morgan fingerprint density at radius 3 is 3.00 bits per heavy atom. The molecule has 0 fully saturated rings. The lowest BCUT2D eigenvalue weighted by Crippen LogP contribution is -2.14. The second kappa shape index (κ2) is 6.51. The molecule has 0 heterocycles. The second-order valence-electron chi connectivity index (χ2n) is 3.00. The Morgan fingerprint density at radius 2 is 2.35 bits per heavy atom. The number of anilines is 1. The van der Waals surface area contributed by atoms with Crippen molar-refractivity contribution < 1.29 is 19.0 Å². The Balaban J connectivity index is 2.94. The normalized spacial score (nSPS) is 9.12. The van der Waals surface area contributed by atoms with Crippen LogP contribution in [0, 0.1) is 17.7 Å². The van der Waals surface area contributed by atoms with Gasteiger partial charge in [-0.15, -0.1) is 0 Å². The van der Waals surface area contributed by atoms with Gasteiger partial charge in [0.1, 0.15) is 12.4 Å². The summed E-state index contributed by atoms with van der Waals surface area (Å²) in [5, 5.41) is 11.0. The van der Waals surface area contributed by atoms with Crippen molar-refractivity contribution in [1.82, 2.24) is 0 Å². The van der Waals surface area contributed by atoms with Crippen molar-refractivity contribution in [3.63, 3.8) is 0 Å². The number of benzene rings is 1. The fraction of sp³-hybridized carbons (Fsp3) is 0.250. The molecule has 0 atom stereocenters. The van der Waals surface area contributed by atoms with Crippen molar-refractivity contribution in [2.24, 2.45) is 0 Å². The van der Waals surface area contributed by atoms with E-state index in [9.17, 15) is 9.18 Å². The maximum Gasteiger partial charge on any atom is 0.411 e. The number of carbonyl (C=O) groups is 1. The summed E-state index contributed by atoms with van der Waals surface area (Å²) in [7, 11) is 0. The largest absolute Gasteiger partial charge is 0.450 e. The van der Waals surface area contributed by atoms with E-state index >= 15 is 0 Å². The molecule has 1 aromatic carbocycles. The first-order valence-electron chi connectivity index (χ1n) is 5.00. The molecular weight excluding hydrogens is 225 g/mol. The average molecular weight is 237 g/mol. The second-order valence-corrected chi connectivity index (χ2v) is 3.00. The van der Waals surface area contributed by atoms with Crippen LogP contribution >= 0.6 is 0 Å². The lowest BCUT2D eigenvalue weighted by atomic mass is 10.2. The Labute approximate surface area is 98.4 Å². The first-order chi connectivity index (χ1) is 8.17. The van der Waals surface area contributed by atoms with Crippen LogP contribution in [-0.2, 0) is 4.74 Å². The third-order valence-electron chi connectivity index (χ3n) is 1.80. The van der Waals surface area contributed by atoms with Crippen molar-refractivity contribution in [1.29, 1.82) is 0 Å². The Hall–Kier alpha value is -2.06. The summed E-state index contributed by atoms with van der Waals surface area (Å²) in [6, 6.07) is 3.75. The van der Waals surface area contributed by atoms with Crippen LogP contribution in [-0.4, -0.2) is 24.4 Å². The minimum atomic E-state index is -0.633. The van der Waals surface area contributed by atoms with Gasteiger partial charge in [-0.2, -0.15) is 0 Å². The van der Waals surface area contributed by atoms with Gasteiger partial charge in [-0.3, -0.25) is 5.32 Å². The van der Waals surface area contributed by atoms with Crippen molar-refractivity contribution in [2.75, 3.05) is 18.5 Å². The number of nitrogens with one attached hydrogen (secondary N) is 1. The smallest absolute Gasteiger partial charge is 0.411 e. The molecule has 0 unspecified atom stereocenters. The number of carbonyl (C=O) groups excluding carboxylic acids is 1. The number of amides is 1. The zero-order valence-electron chi connectivity index (χ0n) is 9.29. The fourth-order valence-electron chi connectivity index (χ4n) is 1.14. The van der Waals surface area contributed by atoms with Gasteiger partial charge in [0.2, 0.25) is 0 Å². The molecule has 0 aliphatic heterocycles. The summed E-state index contributed by atoms with van der Waals surface area (Å²) in [6.07, 6.45) is -0.633. The quantitative estimate of drug-likeness (QED) is 0.770. The Morgan fingerprint density at radius 1 is 1.59 bits per heavy atom. The molecule has 0 saturated carbocycles. The molecule has 5 heteroatoms. The Bertz CT molecular complexity index is 463. The highest BCUT2D eigenvalue weighted by Crippen LogP contribution is 2.16. The highest BCUT2D eigenvalue weighted by molar-refractivity contribution is 5.86. The third kappa shape index (κ3) is 4.13. The number of ether oxygens (including phenoxy) is 1. The molecule has 90 valence electrons. The maximum atomic E-state index is 13.0. The topological polar surface area (TPSA) is 58.6 Å². The van der Waals surface area contributed by atoms with Gasteiger partial charge in [0, 0.05) is 0 Å². The van der Waals surface area contributed by atoms with Crippen LogP contribution in [0.1, 0.15) is 12.5 Å². The minimum Gasteiger partial charge on any atom is -0.450 e. The van der Waals surface area contributed by atoms with Crippen LogP contribution in [0.2, 0.25) is 0 Å². The molecule has 1 amide bonds. The number of aliphatic hydroxyl groups excluding tert-OH is 1. The van der Waals surface area contributed by atoms with Crippen molar-refractivity contribution in [2.45, 2.75) is 6.92 Å². The zero-order valence-corrected chi connectivity index (χ0v) is 9.29. The van der Waals surface area contributed by atoms with E-state index in [0.717, 1.165) is 0 Å². The standard InChI is InChI=1S/C12H12FNO3/c1-2-17-12(16)14-11-6-5-10(13)8-9(11)4-3-7-15/h5-6,8,15H,2,7H2,1H3,(H,14,16). The van der Waals surface area contributed by atoms with E-state index in [-0.39, 0.29) is 18.8 Å². The van der Waals surface area contributed by atoms with Gasteiger partial charge in [-0.1, -0.05) is 11.8 Å². The van der Waals surface area contributed by atoms with Gasteiger partial charge < -0.3 is 9.84 Å². The Kier molecular flexibility index (Phi) is 4.98. The van der Waals surface area contributed by atoms with Crippen LogP contribution in [0.25, 0.3) is 0 Å². The molecule has 0 aliphatic carbocycles. The molecule has 0 bridgehead atoms. The molecule has 1 rings (SSSR count). The van der Waals surface area contributed by atoms with Crippen LogP contribution < -0.4 is 5.32 Å². The molecule has 0 spiro atoms. The monoisotopic (exact) mass is 237 g/mol. The van der Waals surface area contributed by atoms with Crippen LogP contribution in [0.15, 0.2) is 18.2 Å². The molecule has 2 N–H and O–H groups in total. The summed E-state index contributed by atoms with van der Waals surface area (Å²) >= 11 is 0. The summed E-state index contributed by atoms with van der Waals surface area (Å²) in [5.74, 6) is 4.45.